The van der Waals surface area contributed by atoms with Crippen molar-refractivity contribution in [2.75, 3.05) is 6.61 Å². The highest BCUT2D eigenvalue weighted by Crippen LogP contribution is 2.35. The van der Waals surface area contributed by atoms with Crippen LogP contribution in [0.15, 0.2) is 98.3 Å². The van der Waals surface area contributed by atoms with Gasteiger partial charge in [0.1, 0.15) is 11.5 Å². The third kappa shape index (κ3) is 4.65. The second kappa shape index (κ2) is 10.7. The van der Waals surface area contributed by atoms with Crippen molar-refractivity contribution in [3.8, 4) is 11.3 Å². The number of carbonyl (C=O) groups excluding carboxylic acids is 1. The SMILES string of the molecule is CCOC(=O)C1=C(C)N=c2s/c(=C\c3ccc(-c4ccc(C)c([N+](=O)[O-])c4)o3)c(=O)n2[C@H]1c1cccc2ccccc12. The van der Waals surface area contributed by atoms with Crippen LogP contribution in [0.3, 0.4) is 0 Å². The van der Waals surface area contributed by atoms with Crippen molar-refractivity contribution in [1.29, 1.82) is 0 Å². The lowest BCUT2D eigenvalue weighted by Crippen LogP contribution is -2.40. The summed E-state index contributed by atoms with van der Waals surface area (Å²) in [5, 5.41) is 13.3. The maximum Gasteiger partial charge on any atom is 0.338 e. The van der Waals surface area contributed by atoms with Crippen LogP contribution in [0, 0.1) is 17.0 Å². The molecule has 0 amide bonds. The lowest BCUT2D eigenvalue weighted by molar-refractivity contribution is -0.385. The average molecular weight is 580 g/mol. The Morgan fingerprint density at radius 1 is 1.12 bits per heavy atom. The molecule has 1 aliphatic heterocycles. The molecule has 1 atom stereocenters. The molecule has 0 saturated heterocycles. The maximum atomic E-state index is 14.0. The maximum absolute atomic E-state index is 14.0. The van der Waals surface area contributed by atoms with Gasteiger partial charge in [-0.3, -0.25) is 19.5 Å². The van der Waals surface area contributed by atoms with E-state index in [1.807, 2.05) is 42.5 Å². The Kier molecular flexibility index (Phi) is 6.91. The summed E-state index contributed by atoms with van der Waals surface area (Å²) in [6, 6.07) is 21.2. The number of hydrogen-bond donors (Lipinski definition) is 0. The van der Waals surface area contributed by atoms with Crippen LogP contribution in [0.25, 0.3) is 28.2 Å². The van der Waals surface area contributed by atoms with Crippen molar-refractivity contribution in [1.82, 2.24) is 4.57 Å². The Morgan fingerprint density at radius 3 is 2.69 bits per heavy atom. The number of rotatable bonds is 6. The highest BCUT2D eigenvalue weighted by molar-refractivity contribution is 7.07. The molecule has 0 aliphatic carbocycles. The van der Waals surface area contributed by atoms with Crippen LogP contribution in [0.2, 0.25) is 0 Å². The third-order valence-electron chi connectivity index (χ3n) is 7.23. The fraction of sp³-hybridized carbons (Fsp3) is 0.156. The predicted octanol–water partition coefficient (Wildman–Crippen LogP) is 5.43. The summed E-state index contributed by atoms with van der Waals surface area (Å²) >= 11 is 1.20. The first kappa shape index (κ1) is 27.1. The predicted molar refractivity (Wildman–Crippen MR) is 160 cm³/mol. The van der Waals surface area contributed by atoms with E-state index in [9.17, 15) is 19.7 Å². The van der Waals surface area contributed by atoms with Gasteiger partial charge in [0, 0.05) is 23.3 Å². The Hall–Kier alpha value is -5.09. The number of hydrogen-bond acceptors (Lipinski definition) is 8. The molecule has 0 spiro atoms. The minimum absolute atomic E-state index is 0.0000286. The van der Waals surface area contributed by atoms with E-state index < -0.39 is 16.9 Å². The minimum Gasteiger partial charge on any atom is -0.463 e. The van der Waals surface area contributed by atoms with Gasteiger partial charge in [-0.25, -0.2) is 9.79 Å². The van der Waals surface area contributed by atoms with Crippen LogP contribution in [0.5, 0.6) is 0 Å². The molecule has 0 N–H and O–H groups in total. The van der Waals surface area contributed by atoms with E-state index in [0.717, 1.165) is 16.3 Å². The average Bonchev–Trinajstić information content (AvgIpc) is 3.56. The lowest BCUT2D eigenvalue weighted by Gasteiger charge is -2.25. The van der Waals surface area contributed by atoms with E-state index in [2.05, 4.69) is 4.99 Å². The Bertz CT molecular complexity index is 2110. The second-order valence-electron chi connectivity index (χ2n) is 9.83. The molecule has 9 nitrogen and oxygen atoms in total. The number of ether oxygens (including phenoxy) is 1. The third-order valence-corrected chi connectivity index (χ3v) is 8.21. The molecule has 2 aromatic heterocycles. The van der Waals surface area contributed by atoms with Crippen molar-refractivity contribution in [3.63, 3.8) is 0 Å². The minimum atomic E-state index is -0.742. The van der Waals surface area contributed by atoms with Crippen LogP contribution in [0.4, 0.5) is 5.69 Å². The molecule has 42 heavy (non-hydrogen) atoms. The van der Waals surface area contributed by atoms with E-state index in [1.54, 1.807) is 55.7 Å². The molecule has 3 heterocycles. The van der Waals surface area contributed by atoms with Crippen molar-refractivity contribution >= 4 is 39.8 Å². The van der Waals surface area contributed by atoms with E-state index in [1.165, 1.54) is 17.4 Å². The molecular formula is C32H25N3O6S. The van der Waals surface area contributed by atoms with Crippen LogP contribution in [0.1, 0.15) is 36.8 Å². The highest BCUT2D eigenvalue weighted by atomic mass is 32.1. The summed E-state index contributed by atoms with van der Waals surface area (Å²) in [4.78, 5) is 43.3. The summed E-state index contributed by atoms with van der Waals surface area (Å²) in [6.45, 7) is 5.35. The van der Waals surface area contributed by atoms with Crippen molar-refractivity contribution < 1.29 is 18.9 Å². The Balaban J connectivity index is 1.50. The molecule has 210 valence electrons. The number of furan rings is 1. The van der Waals surface area contributed by atoms with Gasteiger partial charge in [0.2, 0.25) is 0 Å². The quantitative estimate of drug-likeness (QED) is 0.151. The number of nitrogens with zero attached hydrogens (tertiary/aromatic N) is 3. The number of carbonyl (C=O) groups is 1. The number of thiazole rings is 1. The number of allylic oxidation sites excluding steroid dienone is 1. The number of aryl methyl sites for hydroxylation is 1. The Morgan fingerprint density at radius 2 is 1.90 bits per heavy atom. The molecule has 1 aliphatic rings. The molecule has 0 bridgehead atoms. The van der Waals surface area contributed by atoms with Crippen molar-refractivity contribution in [3.05, 3.63) is 131 Å². The molecule has 3 aromatic carbocycles. The van der Waals surface area contributed by atoms with Gasteiger partial charge in [-0.1, -0.05) is 65.9 Å². The zero-order valence-electron chi connectivity index (χ0n) is 23.0. The van der Waals surface area contributed by atoms with Gasteiger partial charge in [0.25, 0.3) is 11.2 Å². The van der Waals surface area contributed by atoms with Gasteiger partial charge >= 0.3 is 5.97 Å². The first-order chi connectivity index (χ1) is 20.3. The summed E-state index contributed by atoms with van der Waals surface area (Å²) < 4.78 is 13.3. The van der Waals surface area contributed by atoms with Crippen molar-refractivity contribution in [2.24, 2.45) is 4.99 Å². The van der Waals surface area contributed by atoms with Gasteiger partial charge in [0.05, 0.1) is 33.4 Å². The Labute approximate surface area is 243 Å². The lowest BCUT2D eigenvalue weighted by atomic mass is 9.91. The topological polar surface area (TPSA) is 117 Å². The number of aromatic nitrogens is 1. The number of benzene rings is 3. The number of esters is 1. The number of nitro benzene ring substituents is 1. The summed E-state index contributed by atoms with van der Waals surface area (Å²) in [5.41, 5.74) is 2.37. The van der Waals surface area contributed by atoms with Gasteiger partial charge in [-0.15, -0.1) is 0 Å². The zero-order chi connectivity index (χ0) is 29.5. The smallest absolute Gasteiger partial charge is 0.338 e. The molecule has 5 aromatic rings. The molecule has 10 heteroatoms. The first-order valence-electron chi connectivity index (χ1n) is 13.3. The molecular weight excluding hydrogens is 554 g/mol. The monoisotopic (exact) mass is 579 g/mol. The second-order valence-corrected chi connectivity index (χ2v) is 10.8. The molecule has 0 fully saturated rings. The highest BCUT2D eigenvalue weighted by Gasteiger charge is 2.34. The van der Waals surface area contributed by atoms with Crippen LogP contribution >= 0.6 is 11.3 Å². The zero-order valence-corrected chi connectivity index (χ0v) is 23.8. The largest absolute Gasteiger partial charge is 0.463 e. The molecule has 0 saturated carbocycles. The first-order valence-corrected chi connectivity index (χ1v) is 14.1. The van der Waals surface area contributed by atoms with Crippen LogP contribution in [-0.4, -0.2) is 22.1 Å². The molecule has 6 rings (SSSR count). The van der Waals surface area contributed by atoms with Crippen molar-refractivity contribution in [2.45, 2.75) is 26.8 Å². The summed E-state index contributed by atoms with van der Waals surface area (Å²) in [7, 11) is 0. The van der Waals surface area contributed by atoms with Gasteiger partial charge in [0.15, 0.2) is 4.80 Å². The van der Waals surface area contributed by atoms with Gasteiger partial charge < -0.3 is 9.15 Å². The standard InChI is InChI=1S/C32H25N3O6S/c1-4-40-31(37)28-19(3)33-32-34(29(28)24-11-7-9-20-8-5-6-10-23(20)24)30(36)27(42-32)17-22-14-15-26(41-22)21-13-12-18(2)25(16-21)35(38)39/h5-17,29H,4H2,1-3H3/b27-17-/t29-/m0/s1. The fourth-order valence-corrected chi connectivity index (χ4v) is 6.28. The van der Waals surface area contributed by atoms with Crippen LogP contribution in [-0.2, 0) is 9.53 Å². The summed E-state index contributed by atoms with van der Waals surface area (Å²) in [5.74, 6) is 0.321. The summed E-state index contributed by atoms with van der Waals surface area (Å²) in [6.07, 6.45) is 1.62. The van der Waals surface area contributed by atoms with E-state index in [4.69, 9.17) is 9.15 Å². The molecule has 0 radical (unpaired) electrons. The number of nitro groups is 1. The molecule has 0 unspecified atom stereocenters. The van der Waals surface area contributed by atoms with Gasteiger partial charge in [-0.05, 0) is 49.2 Å². The van der Waals surface area contributed by atoms with E-state index >= 15 is 0 Å². The number of fused-ring (bicyclic) bond motifs is 2. The van der Waals surface area contributed by atoms with Crippen LogP contribution < -0.4 is 14.9 Å². The van der Waals surface area contributed by atoms with Gasteiger partial charge in [-0.2, -0.15) is 0 Å². The van der Waals surface area contributed by atoms with E-state index in [0.29, 0.717) is 43.3 Å². The fourth-order valence-electron chi connectivity index (χ4n) is 5.25. The normalized spacial score (nSPS) is 15.0. The van der Waals surface area contributed by atoms with E-state index in [-0.39, 0.29) is 17.9 Å².